The average Bonchev–Trinajstić information content (AvgIpc) is 1.95. The van der Waals surface area contributed by atoms with Gasteiger partial charge in [-0.1, -0.05) is 20.3 Å². The van der Waals surface area contributed by atoms with Gasteiger partial charge in [-0.3, -0.25) is 0 Å². The number of hydrogen-bond donors (Lipinski definition) is 0. The van der Waals surface area contributed by atoms with E-state index in [4.69, 9.17) is 0 Å². The highest BCUT2D eigenvalue weighted by Crippen LogP contribution is 2.32. The Balaban J connectivity index is 2.33. The molecule has 0 heterocycles. The van der Waals surface area contributed by atoms with Gasteiger partial charge in [-0.25, -0.2) is 4.39 Å². The highest BCUT2D eigenvalue weighted by molar-refractivity contribution is 4.76. The fourth-order valence-electron chi connectivity index (χ4n) is 1.72. The minimum Gasteiger partial charge on any atom is -0.247 e. The molecule has 1 fully saturated rings. The molecule has 3 unspecified atom stereocenters. The van der Waals surface area contributed by atoms with Gasteiger partial charge in [0.25, 0.3) is 0 Å². The normalized spacial score (nSPS) is 41.7. The average molecular weight is 144 g/mol. The number of halogens is 1. The van der Waals surface area contributed by atoms with Gasteiger partial charge in [-0.05, 0) is 31.1 Å². The molecule has 0 aliphatic heterocycles. The summed E-state index contributed by atoms with van der Waals surface area (Å²) in [6, 6.07) is 0. The predicted octanol–water partition coefficient (Wildman–Crippen LogP) is 3.17. The van der Waals surface area contributed by atoms with Crippen LogP contribution in [-0.2, 0) is 0 Å². The monoisotopic (exact) mass is 144 g/mol. The molecule has 0 saturated heterocycles. The van der Waals surface area contributed by atoms with Crippen LogP contribution in [-0.4, -0.2) is 6.17 Å². The van der Waals surface area contributed by atoms with Crippen LogP contribution in [0.4, 0.5) is 4.39 Å². The Hall–Kier alpha value is -0.0700. The minimum absolute atomic E-state index is 0.322. The summed E-state index contributed by atoms with van der Waals surface area (Å²) in [5.41, 5.74) is 0. The van der Waals surface area contributed by atoms with Crippen LogP contribution in [0.1, 0.15) is 39.5 Å². The summed E-state index contributed by atoms with van der Waals surface area (Å²) < 4.78 is 13.0. The van der Waals surface area contributed by atoms with Crippen molar-refractivity contribution in [1.29, 1.82) is 0 Å². The Bertz CT molecular complexity index is 101. The van der Waals surface area contributed by atoms with Gasteiger partial charge in [0.1, 0.15) is 6.17 Å². The largest absolute Gasteiger partial charge is 0.247 e. The van der Waals surface area contributed by atoms with Crippen molar-refractivity contribution >= 4 is 0 Å². The summed E-state index contributed by atoms with van der Waals surface area (Å²) in [5.74, 6) is 0.994. The molecule has 3 atom stereocenters. The number of rotatable bonds is 1. The van der Waals surface area contributed by atoms with Gasteiger partial charge in [0.15, 0.2) is 0 Å². The number of hydrogen-bond acceptors (Lipinski definition) is 0. The Labute approximate surface area is 62.8 Å². The van der Waals surface area contributed by atoms with Gasteiger partial charge in [-0.2, -0.15) is 0 Å². The SMILES string of the molecule is CCC1CCC(C)C(F)C1. The maximum atomic E-state index is 13.0. The molecule has 60 valence electrons. The Kier molecular flexibility index (Phi) is 2.70. The first-order valence-corrected chi connectivity index (χ1v) is 4.38. The molecular formula is C9H17F. The molecule has 0 radical (unpaired) electrons. The van der Waals surface area contributed by atoms with E-state index in [0.29, 0.717) is 11.8 Å². The van der Waals surface area contributed by atoms with E-state index in [1.54, 1.807) is 0 Å². The Morgan fingerprint density at radius 2 is 2.10 bits per heavy atom. The zero-order valence-electron chi connectivity index (χ0n) is 6.94. The van der Waals surface area contributed by atoms with E-state index in [0.717, 1.165) is 19.3 Å². The van der Waals surface area contributed by atoms with Crippen molar-refractivity contribution in [2.45, 2.75) is 45.7 Å². The molecule has 1 saturated carbocycles. The molecule has 1 aliphatic rings. The third-order valence-corrected chi connectivity index (χ3v) is 2.78. The highest BCUT2D eigenvalue weighted by atomic mass is 19.1. The van der Waals surface area contributed by atoms with Gasteiger partial charge in [0.2, 0.25) is 0 Å². The quantitative estimate of drug-likeness (QED) is 0.530. The first-order valence-electron chi connectivity index (χ1n) is 4.38. The molecule has 1 aliphatic carbocycles. The van der Waals surface area contributed by atoms with Gasteiger partial charge in [0.05, 0.1) is 0 Å². The van der Waals surface area contributed by atoms with Gasteiger partial charge in [0, 0.05) is 0 Å². The van der Waals surface area contributed by atoms with E-state index < -0.39 is 6.17 Å². The van der Waals surface area contributed by atoms with Crippen LogP contribution in [0.2, 0.25) is 0 Å². The third kappa shape index (κ3) is 1.71. The van der Waals surface area contributed by atoms with E-state index in [2.05, 4.69) is 6.92 Å². The second-order valence-corrected chi connectivity index (χ2v) is 3.58. The van der Waals surface area contributed by atoms with Crippen molar-refractivity contribution < 1.29 is 4.39 Å². The van der Waals surface area contributed by atoms with Gasteiger partial charge >= 0.3 is 0 Å². The van der Waals surface area contributed by atoms with Crippen LogP contribution in [0.15, 0.2) is 0 Å². The summed E-state index contributed by atoms with van der Waals surface area (Å²) in [6.45, 7) is 4.18. The molecule has 0 N–H and O–H groups in total. The molecule has 0 spiro atoms. The van der Waals surface area contributed by atoms with Crippen LogP contribution < -0.4 is 0 Å². The molecule has 1 rings (SSSR count). The molecule has 0 amide bonds. The molecule has 0 aromatic rings. The molecule has 0 bridgehead atoms. The molecule has 0 nitrogen and oxygen atoms in total. The Morgan fingerprint density at radius 3 is 2.60 bits per heavy atom. The maximum Gasteiger partial charge on any atom is 0.103 e. The lowest BCUT2D eigenvalue weighted by Crippen LogP contribution is -2.23. The van der Waals surface area contributed by atoms with E-state index in [1.165, 1.54) is 6.42 Å². The first-order chi connectivity index (χ1) is 4.74. The maximum absolute atomic E-state index is 13.0. The van der Waals surface area contributed by atoms with Crippen molar-refractivity contribution in [3.63, 3.8) is 0 Å². The zero-order valence-corrected chi connectivity index (χ0v) is 6.94. The van der Waals surface area contributed by atoms with Crippen molar-refractivity contribution in [3.05, 3.63) is 0 Å². The van der Waals surface area contributed by atoms with Crippen LogP contribution in [0, 0.1) is 11.8 Å². The Morgan fingerprint density at radius 1 is 1.40 bits per heavy atom. The smallest absolute Gasteiger partial charge is 0.103 e. The van der Waals surface area contributed by atoms with Crippen LogP contribution in [0.25, 0.3) is 0 Å². The lowest BCUT2D eigenvalue weighted by molar-refractivity contribution is 0.135. The van der Waals surface area contributed by atoms with E-state index >= 15 is 0 Å². The molecule has 0 aromatic carbocycles. The van der Waals surface area contributed by atoms with Crippen LogP contribution in [0.5, 0.6) is 0 Å². The summed E-state index contributed by atoms with van der Waals surface area (Å²) in [6.07, 6.45) is 3.81. The molecular weight excluding hydrogens is 127 g/mol. The fourth-order valence-corrected chi connectivity index (χ4v) is 1.72. The van der Waals surface area contributed by atoms with Crippen LogP contribution >= 0.6 is 0 Å². The van der Waals surface area contributed by atoms with E-state index in [1.807, 2.05) is 6.92 Å². The lowest BCUT2D eigenvalue weighted by atomic mass is 9.80. The number of alkyl halides is 1. The van der Waals surface area contributed by atoms with Gasteiger partial charge in [-0.15, -0.1) is 0 Å². The first kappa shape index (κ1) is 8.03. The topological polar surface area (TPSA) is 0 Å². The van der Waals surface area contributed by atoms with Crippen molar-refractivity contribution in [1.82, 2.24) is 0 Å². The molecule has 1 heteroatoms. The fraction of sp³-hybridized carbons (Fsp3) is 1.00. The van der Waals surface area contributed by atoms with E-state index in [-0.39, 0.29) is 0 Å². The zero-order chi connectivity index (χ0) is 7.56. The molecule has 10 heavy (non-hydrogen) atoms. The minimum atomic E-state index is -0.515. The standard InChI is InChI=1S/C9H17F/c1-3-8-5-4-7(2)9(10)6-8/h7-9H,3-6H2,1-2H3. The van der Waals surface area contributed by atoms with Crippen LogP contribution in [0.3, 0.4) is 0 Å². The lowest BCUT2D eigenvalue weighted by Gasteiger charge is -2.28. The third-order valence-electron chi connectivity index (χ3n) is 2.78. The highest BCUT2D eigenvalue weighted by Gasteiger charge is 2.25. The predicted molar refractivity (Wildman–Crippen MR) is 41.7 cm³/mol. The summed E-state index contributed by atoms with van der Waals surface area (Å²) >= 11 is 0. The summed E-state index contributed by atoms with van der Waals surface area (Å²) in [7, 11) is 0. The van der Waals surface area contributed by atoms with Crippen molar-refractivity contribution in [2.75, 3.05) is 0 Å². The summed E-state index contributed by atoms with van der Waals surface area (Å²) in [4.78, 5) is 0. The second kappa shape index (κ2) is 3.36. The van der Waals surface area contributed by atoms with E-state index in [9.17, 15) is 4.39 Å². The van der Waals surface area contributed by atoms with Crippen molar-refractivity contribution in [2.24, 2.45) is 11.8 Å². The van der Waals surface area contributed by atoms with Gasteiger partial charge < -0.3 is 0 Å². The van der Waals surface area contributed by atoms with Crippen molar-refractivity contribution in [3.8, 4) is 0 Å². The second-order valence-electron chi connectivity index (χ2n) is 3.58. The molecule has 0 aromatic heterocycles. The summed E-state index contributed by atoms with van der Waals surface area (Å²) in [5, 5.41) is 0.